The molecule has 1 saturated heterocycles. The van der Waals surface area contributed by atoms with Crippen LogP contribution in [0.4, 0.5) is 0 Å². The van der Waals surface area contributed by atoms with Gasteiger partial charge in [0.1, 0.15) is 0 Å². The third-order valence-corrected chi connectivity index (χ3v) is 2.96. The van der Waals surface area contributed by atoms with Gasteiger partial charge in [0.25, 0.3) is 0 Å². The molecule has 3 nitrogen and oxygen atoms in total. The van der Waals surface area contributed by atoms with Gasteiger partial charge in [-0.1, -0.05) is 0 Å². The van der Waals surface area contributed by atoms with E-state index < -0.39 is 12.2 Å². The van der Waals surface area contributed by atoms with Crippen molar-refractivity contribution in [3.63, 3.8) is 0 Å². The molecule has 0 spiro atoms. The van der Waals surface area contributed by atoms with Crippen molar-refractivity contribution in [2.24, 2.45) is 0 Å². The molecule has 4 heteroatoms. The average Bonchev–Trinajstić information content (AvgIpc) is 1.98. The zero-order chi connectivity index (χ0) is 7.02. The number of hydrogen-bond acceptors (Lipinski definition) is 3. The molecule has 0 radical (unpaired) electrons. The van der Waals surface area contributed by atoms with Gasteiger partial charge in [0.15, 0.2) is 0 Å². The van der Waals surface area contributed by atoms with Gasteiger partial charge in [-0.05, 0) is 6.92 Å². The maximum Gasteiger partial charge on any atom is 0.0972 e. The maximum absolute atomic E-state index is 9.14. The minimum Gasteiger partial charge on any atom is -0.389 e. The van der Waals surface area contributed by atoms with Crippen LogP contribution in [0.25, 0.3) is 0 Å². The summed E-state index contributed by atoms with van der Waals surface area (Å²) in [5.74, 6) is 0. The number of aliphatic hydroxyl groups excluding tert-OH is 2. The second kappa shape index (κ2) is 2.69. The standard InChI is InChI=1S/C5H10INO2/c1-3-5(9)4(8)2-7(3)6/h3-5,8-9H,2H2,1H3. The van der Waals surface area contributed by atoms with E-state index in [9.17, 15) is 0 Å². The molecule has 0 aromatic carbocycles. The van der Waals surface area contributed by atoms with Gasteiger partial charge in [0.05, 0.1) is 12.2 Å². The zero-order valence-electron chi connectivity index (χ0n) is 5.16. The lowest BCUT2D eigenvalue weighted by molar-refractivity contribution is 0.0430. The molecule has 1 heterocycles. The van der Waals surface area contributed by atoms with Crippen molar-refractivity contribution in [3.8, 4) is 0 Å². The molecule has 3 unspecified atom stereocenters. The van der Waals surface area contributed by atoms with Crippen molar-refractivity contribution in [2.45, 2.75) is 25.2 Å². The van der Waals surface area contributed by atoms with E-state index in [-0.39, 0.29) is 6.04 Å². The summed E-state index contributed by atoms with van der Waals surface area (Å²) in [6.45, 7) is 2.47. The lowest BCUT2D eigenvalue weighted by atomic mass is 10.2. The van der Waals surface area contributed by atoms with Crippen molar-refractivity contribution >= 4 is 22.9 Å². The Labute approximate surface area is 68.2 Å². The third-order valence-electron chi connectivity index (χ3n) is 1.69. The highest BCUT2D eigenvalue weighted by Gasteiger charge is 2.35. The number of rotatable bonds is 0. The first-order valence-corrected chi connectivity index (χ1v) is 3.88. The molecule has 1 aliphatic heterocycles. The summed E-state index contributed by atoms with van der Waals surface area (Å²) < 4.78 is 1.91. The van der Waals surface area contributed by atoms with E-state index in [0.29, 0.717) is 6.54 Å². The van der Waals surface area contributed by atoms with Crippen LogP contribution in [-0.2, 0) is 0 Å². The summed E-state index contributed by atoms with van der Waals surface area (Å²) in [6.07, 6.45) is -1.13. The molecule has 0 saturated carbocycles. The molecule has 2 N–H and O–H groups in total. The molecular weight excluding hydrogens is 233 g/mol. The third kappa shape index (κ3) is 1.36. The summed E-state index contributed by atoms with van der Waals surface area (Å²) >= 11 is 2.10. The maximum atomic E-state index is 9.14. The van der Waals surface area contributed by atoms with Gasteiger partial charge in [-0.2, -0.15) is 0 Å². The molecule has 1 fully saturated rings. The van der Waals surface area contributed by atoms with E-state index in [4.69, 9.17) is 10.2 Å². The fraction of sp³-hybridized carbons (Fsp3) is 1.00. The summed E-state index contributed by atoms with van der Waals surface area (Å²) in [4.78, 5) is 0. The van der Waals surface area contributed by atoms with Crippen LogP contribution in [0.3, 0.4) is 0 Å². The van der Waals surface area contributed by atoms with E-state index in [1.54, 1.807) is 0 Å². The lowest BCUT2D eigenvalue weighted by Crippen LogP contribution is -2.29. The smallest absolute Gasteiger partial charge is 0.0972 e. The van der Waals surface area contributed by atoms with Crippen LogP contribution < -0.4 is 0 Å². The molecule has 9 heavy (non-hydrogen) atoms. The highest BCUT2D eigenvalue weighted by Crippen LogP contribution is 2.21. The molecule has 0 bridgehead atoms. The first-order chi connectivity index (χ1) is 4.13. The normalized spacial score (nSPS) is 46.0. The van der Waals surface area contributed by atoms with Crippen LogP contribution in [0.5, 0.6) is 0 Å². The van der Waals surface area contributed by atoms with Crippen LogP contribution in [0.2, 0.25) is 0 Å². The monoisotopic (exact) mass is 243 g/mol. The van der Waals surface area contributed by atoms with Crippen molar-refractivity contribution in [2.75, 3.05) is 6.54 Å². The van der Waals surface area contributed by atoms with Crippen LogP contribution in [0.15, 0.2) is 0 Å². The van der Waals surface area contributed by atoms with Crippen molar-refractivity contribution in [1.82, 2.24) is 3.11 Å². The summed E-state index contributed by atoms with van der Waals surface area (Å²) in [6, 6.07) is 0.0839. The van der Waals surface area contributed by atoms with Gasteiger partial charge in [-0.15, -0.1) is 0 Å². The number of nitrogens with zero attached hydrogens (tertiary/aromatic N) is 1. The van der Waals surface area contributed by atoms with Crippen LogP contribution in [-0.4, -0.2) is 38.1 Å². The van der Waals surface area contributed by atoms with Crippen molar-refractivity contribution in [1.29, 1.82) is 0 Å². The first kappa shape index (κ1) is 7.71. The van der Waals surface area contributed by atoms with Crippen LogP contribution in [0, 0.1) is 0 Å². The quantitative estimate of drug-likeness (QED) is 0.456. The second-order valence-electron chi connectivity index (χ2n) is 2.38. The first-order valence-electron chi connectivity index (χ1n) is 2.91. The molecule has 54 valence electrons. The fourth-order valence-corrected chi connectivity index (χ4v) is 1.67. The van der Waals surface area contributed by atoms with Gasteiger partial charge >= 0.3 is 0 Å². The zero-order valence-corrected chi connectivity index (χ0v) is 7.32. The van der Waals surface area contributed by atoms with Gasteiger partial charge in [-0.3, -0.25) is 0 Å². The SMILES string of the molecule is CC1C(O)C(O)CN1I. The van der Waals surface area contributed by atoms with E-state index in [2.05, 4.69) is 22.9 Å². The molecule has 0 aromatic heterocycles. The van der Waals surface area contributed by atoms with Gasteiger partial charge < -0.3 is 10.2 Å². The molecule has 3 atom stereocenters. The van der Waals surface area contributed by atoms with E-state index in [0.717, 1.165) is 0 Å². The summed E-state index contributed by atoms with van der Waals surface area (Å²) in [5, 5.41) is 18.2. The Kier molecular flexibility index (Phi) is 2.31. The number of β-amino-alcohol motifs (C(OH)–C–C–N with tert-alkyl or cyclic N) is 1. The topological polar surface area (TPSA) is 43.7 Å². The van der Waals surface area contributed by atoms with Gasteiger partial charge in [-0.25, -0.2) is 3.11 Å². The minimum atomic E-state index is -0.568. The number of aliphatic hydroxyl groups is 2. The Balaban J connectivity index is 2.54. The summed E-state index contributed by atoms with van der Waals surface area (Å²) in [7, 11) is 0. The fourth-order valence-electron chi connectivity index (χ4n) is 0.940. The molecule has 1 aliphatic rings. The highest BCUT2D eigenvalue weighted by atomic mass is 127. The predicted molar refractivity (Wildman–Crippen MR) is 42.2 cm³/mol. The number of halogens is 1. The number of hydrogen-bond donors (Lipinski definition) is 2. The van der Waals surface area contributed by atoms with E-state index >= 15 is 0 Å². The van der Waals surface area contributed by atoms with Crippen molar-refractivity contribution in [3.05, 3.63) is 0 Å². The molecule has 0 aromatic rings. The molecule has 0 amide bonds. The van der Waals surface area contributed by atoms with Crippen LogP contribution >= 0.6 is 22.9 Å². The summed E-state index contributed by atoms with van der Waals surface area (Å²) in [5.41, 5.74) is 0. The molecule has 0 aliphatic carbocycles. The second-order valence-corrected chi connectivity index (χ2v) is 3.62. The Bertz CT molecular complexity index is 99.1. The Morgan fingerprint density at radius 3 is 2.22 bits per heavy atom. The Hall–Kier alpha value is 0.610. The van der Waals surface area contributed by atoms with E-state index in [1.165, 1.54) is 0 Å². The predicted octanol–water partition coefficient (Wildman–Crippen LogP) is -0.238. The minimum absolute atomic E-state index is 0.0839. The van der Waals surface area contributed by atoms with Crippen molar-refractivity contribution < 1.29 is 10.2 Å². The van der Waals surface area contributed by atoms with E-state index in [1.807, 2.05) is 10.0 Å². The molecular formula is C5H10INO2. The Morgan fingerprint density at radius 2 is 2.11 bits per heavy atom. The van der Waals surface area contributed by atoms with Crippen LogP contribution in [0.1, 0.15) is 6.92 Å². The van der Waals surface area contributed by atoms with Gasteiger partial charge in [0.2, 0.25) is 0 Å². The largest absolute Gasteiger partial charge is 0.389 e. The average molecular weight is 243 g/mol. The van der Waals surface area contributed by atoms with Gasteiger partial charge in [0, 0.05) is 35.5 Å². The lowest BCUT2D eigenvalue weighted by Gasteiger charge is -2.13. The molecule has 1 rings (SSSR count). The Morgan fingerprint density at radius 1 is 1.56 bits per heavy atom. The highest BCUT2D eigenvalue weighted by molar-refractivity contribution is 14.1.